The summed E-state index contributed by atoms with van der Waals surface area (Å²) in [5.74, 6) is -0.931. The van der Waals surface area contributed by atoms with Crippen LogP contribution in [0.4, 0.5) is 4.39 Å². The summed E-state index contributed by atoms with van der Waals surface area (Å²) in [6.07, 6.45) is 3.15. The minimum absolute atomic E-state index is 0.148. The maximum Gasteiger partial charge on any atom is 0.277 e. The molecule has 2 aromatic carbocycles. The third-order valence-corrected chi connectivity index (χ3v) is 8.03. The molecule has 0 saturated carbocycles. The molecular formula is C26H23FN2O5S. The van der Waals surface area contributed by atoms with Crippen LogP contribution in [0.25, 0.3) is 22.2 Å². The molecule has 35 heavy (non-hydrogen) atoms. The zero-order valence-electron chi connectivity index (χ0n) is 18.7. The Bertz CT molecular complexity index is 1480. The summed E-state index contributed by atoms with van der Waals surface area (Å²) in [6.45, 7) is 0.263. The summed E-state index contributed by atoms with van der Waals surface area (Å²) < 4.78 is 46.7. The second-order valence-corrected chi connectivity index (χ2v) is 10.4. The number of para-hydroxylation sites is 1. The zero-order chi connectivity index (χ0) is 24.6. The number of ketones is 1. The molecule has 1 N–H and O–H groups in total. The predicted octanol–water partition coefficient (Wildman–Crippen LogP) is 4.69. The molecule has 0 aliphatic carbocycles. The van der Waals surface area contributed by atoms with Gasteiger partial charge in [-0.25, -0.2) is 12.8 Å². The van der Waals surface area contributed by atoms with E-state index >= 15 is 0 Å². The van der Waals surface area contributed by atoms with E-state index in [-0.39, 0.29) is 29.6 Å². The van der Waals surface area contributed by atoms with Crippen LogP contribution in [0.15, 0.2) is 76.4 Å². The molecule has 5 rings (SSSR count). The molecule has 7 nitrogen and oxygen atoms in total. The number of aryl methyl sites for hydroxylation is 1. The highest BCUT2D eigenvalue weighted by Crippen LogP contribution is 2.32. The number of pyridine rings is 1. The Labute approximate surface area is 201 Å². The number of fused-ring (bicyclic) bond motifs is 1. The molecule has 0 bridgehead atoms. The lowest BCUT2D eigenvalue weighted by Gasteiger charge is -2.21. The highest BCUT2D eigenvalue weighted by atomic mass is 32.2. The van der Waals surface area contributed by atoms with Gasteiger partial charge in [-0.1, -0.05) is 18.2 Å². The van der Waals surface area contributed by atoms with Gasteiger partial charge < -0.3 is 9.52 Å². The third-order valence-electron chi connectivity index (χ3n) is 6.26. The number of furan rings is 1. The maximum absolute atomic E-state index is 13.3. The molecule has 0 unspecified atom stereocenters. The molecule has 0 amide bonds. The molecule has 4 aromatic rings. The highest BCUT2D eigenvalue weighted by molar-refractivity contribution is 7.89. The van der Waals surface area contributed by atoms with Crippen molar-refractivity contribution in [1.29, 1.82) is 0 Å². The Morgan fingerprint density at radius 2 is 1.97 bits per heavy atom. The quantitative estimate of drug-likeness (QED) is 0.400. The van der Waals surface area contributed by atoms with Crippen molar-refractivity contribution in [3.8, 4) is 17.0 Å². The van der Waals surface area contributed by atoms with Crippen LogP contribution in [-0.2, 0) is 21.2 Å². The van der Waals surface area contributed by atoms with Gasteiger partial charge in [0.2, 0.25) is 5.09 Å². The minimum Gasteiger partial charge on any atom is -0.507 e. The Balaban J connectivity index is 1.31. The van der Waals surface area contributed by atoms with Crippen molar-refractivity contribution < 1.29 is 27.1 Å². The lowest BCUT2D eigenvalue weighted by atomic mass is 10.0. The molecule has 1 fully saturated rings. The summed E-state index contributed by atoms with van der Waals surface area (Å²) in [5.41, 5.74) is 2.13. The van der Waals surface area contributed by atoms with E-state index in [2.05, 4.69) is 4.98 Å². The SMILES string of the molecule is O=C(CCc1ccnc(-c2ccc(F)cc2O)c1)[C@@H]1CCCN1S(=O)(=O)c1cc2ccccc2o1. The van der Waals surface area contributed by atoms with Crippen LogP contribution < -0.4 is 0 Å². The Morgan fingerprint density at radius 3 is 2.77 bits per heavy atom. The van der Waals surface area contributed by atoms with E-state index in [9.17, 15) is 22.7 Å². The first-order valence-corrected chi connectivity index (χ1v) is 12.7. The van der Waals surface area contributed by atoms with E-state index in [1.54, 1.807) is 42.6 Å². The standard InChI is InChI=1S/C26H23FN2O5S/c27-19-8-9-20(24(31)16-19)21-14-17(11-12-28-21)7-10-23(30)22-5-3-13-29(22)35(32,33)26-15-18-4-1-2-6-25(18)34-26/h1-2,4,6,8-9,11-12,14-16,22,31H,3,5,7,10,13H2/t22-/m0/s1. The van der Waals surface area contributed by atoms with E-state index in [0.717, 1.165) is 11.6 Å². The van der Waals surface area contributed by atoms with Gasteiger partial charge in [-0.05, 0) is 55.2 Å². The minimum atomic E-state index is -3.95. The fourth-order valence-electron chi connectivity index (χ4n) is 4.48. The van der Waals surface area contributed by atoms with Crippen molar-refractivity contribution in [3.63, 3.8) is 0 Å². The van der Waals surface area contributed by atoms with Crippen molar-refractivity contribution in [2.75, 3.05) is 6.54 Å². The van der Waals surface area contributed by atoms with Gasteiger partial charge in [0.05, 0.1) is 11.7 Å². The molecular weight excluding hydrogens is 471 g/mol. The first-order chi connectivity index (χ1) is 16.8. The predicted molar refractivity (Wildman–Crippen MR) is 128 cm³/mol. The van der Waals surface area contributed by atoms with E-state index in [1.807, 2.05) is 0 Å². The molecule has 3 heterocycles. The second-order valence-electron chi connectivity index (χ2n) is 8.55. The molecule has 1 saturated heterocycles. The summed E-state index contributed by atoms with van der Waals surface area (Å²) in [6, 6.07) is 15.0. The largest absolute Gasteiger partial charge is 0.507 e. The van der Waals surface area contributed by atoms with Gasteiger partial charge in [0, 0.05) is 42.2 Å². The molecule has 180 valence electrons. The van der Waals surface area contributed by atoms with Crippen molar-refractivity contribution in [2.45, 2.75) is 36.8 Å². The molecule has 0 spiro atoms. The second kappa shape index (κ2) is 9.24. The van der Waals surface area contributed by atoms with Crippen LogP contribution in [0.3, 0.4) is 0 Å². The lowest BCUT2D eigenvalue weighted by Crippen LogP contribution is -2.40. The van der Waals surface area contributed by atoms with Gasteiger partial charge in [-0.2, -0.15) is 4.31 Å². The number of phenolic OH excluding ortho intramolecular Hbond substituents is 1. The number of halogens is 1. The van der Waals surface area contributed by atoms with E-state index in [4.69, 9.17) is 4.42 Å². The maximum atomic E-state index is 13.3. The number of phenols is 1. The Morgan fingerprint density at radius 1 is 1.14 bits per heavy atom. The number of carbonyl (C=O) groups excluding carboxylic acids is 1. The van der Waals surface area contributed by atoms with Crippen LogP contribution in [0.1, 0.15) is 24.8 Å². The molecule has 1 aliphatic rings. The van der Waals surface area contributed by atoms with Crippen LogP contribution in [0.5, 0.6) is 5.75 Å². The third kappa shape index (κ3) is 4.56. The number of aromatic nitrogens is 1. The Kier molecular flexibility index (Phi) is 6.12. The van der Waals surface area contributed by atoms with Crippen LogP contribution in [-0.4, -0.2) is 41.2 Å². The summed E-state index contributed by atoms with van der Waals surface area (Å²) in [4.78, 5) is 17.3. The van der Waals surface area contributed by atoms with Crippen LogP contribution >= 0.6 is 0 Å². The molecule has 2 aromatic heterocycles. The number of hydrogen-bond acceptors (Lipinski definition) is 6. The van der Waals surface area contributed by atoms with Gasteiger partial charge in [-0.3, -0.25) is 9.78 Å². The average Bonchev–Trinajstić information content (AvgIpc) is 3.51. The smallest absolute Gasteiger partial charge is 0.277 e. The van der Waals surface area contributed by atoms with Crippen LogP contribution in [0, 0.1) is 5.82 Å². The fraction of sp³-hybridized carbons (Fsp3) is 0.231. The summed E-state index contributed by atoms with van der Waals surface area (Å²) >= 11 is 0. The van der Waals surface area contributed by atoms with Gasteiger partial charge in [0.25, 0.3) is 10.0 Å². The number of carbonyl (C=O) groups is 1. The van der Waals surface area contributed by atoms with Gasteiger partial charge >= 0.3 is 0 Å². The number of benzene rings is 2. The molecule has 0 radical (unpaired) electrons. The highest BCUT2D eigenvalue weighted by Gasteiger charge is 2.40. The first kappa shape index (κ1) is 23.2. The monoisotopic (exact) mass is 494 g/mol. The van der Waals surface area contributed by atoms with Crippen molar-refractivity contribution >= 4 is 26.8 Å². The number of sulfonamides is 1. The topological polar surface area (TPSA) is 101 Å². The van der Waals surface area contributed by atoms with Crippen molar-refractivity contribution in [3.05, 3.63) is 78.2 Å². The van der Waals surface area contributed by atoms with Crippen molar-refractivity contribution in [2.24, 2.45) is 0 Å². The Hall–Kier alpha value is -3.56. The molecule has 9 heteroatoms. The lowest BCUT2D eigenvalue weighted by molar-refractivity contribution is -0.122. The summed E-state index contributed by atoms with van der Waals surface area (Å²) in [5, 5.41) is 10.6. The average molecular weight is 495 g/mol. The van der Waals surface area contributed by atoms with Gasteiger partial charge in [-0.15, -0.1) is 0 Å². The number of hydrogen-bond donors (Lipinski definition) is 1. The van der Waals surface area contributed by atoms with E-state index < -0.39 is 21.9 Å². The number of nitrogens with zero attached hydrogens (tertiary/aromatic N) is 2. The first-order valence-electron chi connectivity index (χ1n) is 11.3. The molecule has 1 aliphatic heterocycles. The normalized spacial score (nSPS) is 16.7. The number of aromatic hydroxyl groups is 1. The fourth-order valence-corrected chi connectivity index (χ4v) is 6.11. The number of rotatable bonds is 7. The van der Waals surface area contributed by atoms with Crippen molar-refractivity contribution in [1.82, 2.24) is 9.29 Å². The van der Waals surface area contributed by atoms with E-state index in [1.165, 1.54) is 22.5 Å². The summed E-state index contributed by atoms with van der Waals surface area (Å²) in [7, 11) is -3.95. The van der Waals surface area contributed by atoms with Gasteiger partial charge in [0.1, 0.15) is 17.1 Å². The zero-order valence-corrected chi connectivity index (χ0v) is 19.5. The molecule has 1 atom stereocenters. The number of Topliss-reactive ketones (excluding diaryl/α,β-unsaturated/α-hetero) is 1. The van der Waals surface area contributed by atoms with Crippen LogP contribution in [0.2, 0.25) is 0 Å². The van der Waals surface area contributed by atoms with E-state index in [0.29, 0.717) is 41.5 Å². The van der Waals surface area contributed by atoms with Gasteiger partial charge in [0.15, 0.2) is 5.78 Å².